The second-order valence-electron chi connectivity index (χ2n) is 2.43. The first-order valence-electron chi connectivity index (χ1n) is 4.00. The summed E-state index contributed by atoms with van der Waals surface area (Å²) in [6.07, 6.45) is 7.18. The summed E-state index contributed by atoms with van der Waals surface area (Å²) in [5.41, 5.74) is 2.38. The molecule has 0 radical (unpaired) electrons. The fourth-order valence-corrected chi connectivity index (χ4v) is 2.08. The third-order valence-corrected chi connectivity index (χ3v) is 2.96. The van der Waals surface area contributed by atoms with Gasteiger partial charge in [0.15, 0.2) is 0 Å². The monoisotopic (exact) mass is 163 g/mol. The Labute approximate surface area is 70.0 Å². The predicted octanol–water partition coefficient (Wildman–Crippen LogP) is 1.57. The minimum absolute atomic E-state index is 0.363. The van der Waals surface area contributed by atoms with Gasteiger partial charge < -0.3 is 0 Å². The Bertz CT molecular complexity index is 163. The molecule has 0 unspecified atom stereocenters. The van der Waals surface area contributed by atoms with E-state index in [2.05, 4.69) is 16.8 Å². The van der Waals surface area contributed by atoms with Crippen molar-refractivity contribution in [1.29, 1.82) is 0 Å². The number of pyridine rings is 1. The highest BCUT2D eigenvalue weighted by Crippen LogP contribution is 1.97. The maximum absolute atomic E-state index is 3.78. The molecule has 2 rings (SSSR count). The summed E-state index contributed by atoms with van der Waals surface area (Å²) < 4.78 is 0. The molecule has 2 heterocycles. The van der Waals surface area contributed by atoms with Gasteiger partial charge >= 0.3 is 0 Å². The number of hydrogen-bond acceptors (Lipinski definition) is 1. The van der Waals surface area contributed by atoms with Crippen molar-refractivity contribution in [3.8, 4) is 0 Å². The zero-order chi connectivity index (χ0) is 7.78. The van der Waals surface area contributed by atoms with E-state index in [0.717, 1.165) is 0 Å². The van der Waals surface area contributed by atoms with Crippen LogP contribution < -0.4 is 0 Å². The van der Waals surface area contributed by atoms with E-state index in [9.17, 15) is 0 Å². The van der Waals surface area contributed by atoms with E-state index in [1.54, 1.807) is 12.4 Å². The van der Waals surface area contributed by atoms with Crippen LogP contribution in [0.1, 0.15) is 6.42 Å². The van der Waals surface area contributed by atoms with Crippen LogP contribution in [0.2, 0.25) is 6.04 Å². The molecule has 0 amide bonds. The van der Waals surface area contributed by atoms with E-state index in [0.29, 0.717) is 9.52 Å². The number of aromatic nitrogens is 1. The van der Waals surface area contributed by atoms with E-state index < -0.39 is 0 Å². The minimum atomic E-state index is 0.363. The van der Waals surface area contributed by atoms with Crippen molar-refractivity contribution in [1.82, 2.24) is 4.98 Å². The summed E-state index contributed by atoms with van der Waals surface area (Å²) in [6, 6.07) is 7.24. The Morgan fingerprint density at radius 1 is 1.09 bits per heavy atom. The molecular weight excluding hydrogens is 150 g/mol. The first kappa shape index (κ1) is 8.21. The summed E-state index contributed by atoms with van der Waals surface area (Å²) in [5, 5.41) is 0. The summed E-state index contributed by atoms with van der Waals surface area (Å²) >= 11 is 0. The molecule has 1 nitrogen and oxygen atoms in total. The van der Waals surface area contributed by atoms with Gasteiger partial charge in [0.2, 0.25) is 0 Å². The van der Waals surface area contributed by atoms with Crippen molar-refractivity contribution in [2.24, 2.45) is 0 Å². The van der Waals surface area contributed by atoms with Gasteiger partial charge in [-0.05, 0) is 18.6 Å². The lowest BCUT2D eigenvalue weighted by Crippen LogP contribution is -1.67. The number of allylic oxidation sites excluding steroid dienone is 1. The van der Waals surface area contributed by atoms with Crippen LogP contribution in [-0.2, 0) is 0 Å². The molecule has 0 aliphatic carbocycles. The zero-order valence-corrected chi connectivity index (χ0v) is 8.02. The van der Waals surface area contributed by atoms with Crippen molar-refractivity contribution in [2.75, 3.05) is 0 Å². The standard InChI is InChI=1S/C5H5N.C4H8Si/c1-2-4-6-5-3-1;1-2-4-5-3-1/h1-5H;1,3H,2,4-5H2. The maximum Gasteiger partial charge on any atom is 0.0453 e. The molecule has 0 saturated carbocycles. The van der Waals surface area contributed by atoms with Crippen LogP contribution in [0.5, 0.6) is 0 Å². The van der Waals surface area contributed by atoms with Gasteiger partial charge in [-0.1, -0.05) is 18.2 Å². The number of rotatable bonds is 0. The Balaban J connectivity index is 0.000000112. The fourth-order valence-electron chi connectivity index (χ4n) is 0.902. The van der Waals surface area contributed by atoms with E-state index in [1.165, 1.54) is 12.5 Å². The molecule has 0 bridgehead atoms. The van der Waals surface area contributed by atoms with Crippen LogP contribution in [0.25, 0.3) is 0 Å². The van der Waals surface area contributed by atoms with Crippen molar-refractivity contribution in [3.05, 3.63) is 42.4 Å². The van der Waals surface area contributed by atoms with Crippen LogP contribution in [0.3, 0.4) is 0 Å². The molecule has 0 aromatic carbocycles. The average molecular weight is 163 g/mol. The fraction of sp³-hybridized carbons (Fsp3) is 0.222. The van der Waals surface area contributed by atoms with Crippen LogP contribution >= 0.6 is 0 Å². The van der Waals surface area contributed by atoms with Crippen molar-refractivity contribution >= 4 is 9.52 Å². The average Bonchev–Trinajstić information content (AvgIpc) is 2.64. The molecule has 11 heavy (non-hydrogen) atoms. The van der Waals surface area contributed by atoms with Gasteiger partial charge in [-0.3, -0.25) is 4.98 Å². The van der Waals surface area contributed by atoms with Gasteiger partial charge in [0.1, 0.15) is 0 Å². The van der Waals surface area contributed by atoms with Crippen LogP contribution in [0.15, 0.2) is 42.4 Å². The molecule has 0 fully saturated rings. The van der Waals surface area contributed by atoms with E-state index >= 15 is 0 Å². The quantitative estimate of drug-likeness (QED) is 0.529. The molecule has 2 heteroatoms. The van der Waals surface area contributed by atoms with Gasteiger partial charge in [0, 0.05) is 21.9 Å². The third-order valence-electron chi connectivity index (χ3n) is 1.47. The van der Waals surface area contributed by atoms with Gasteiger partial charge in [0.05, 0.1) is 0 Å². The van der Waals surface area contributed by atoms with E-state index in [4.69, 9.17) is 0 Å². The highest BCUT2D eigenvalue weighted by atomic mass is 28.2. The first-order chi connectivity index (χ1) is 5.50. The summed E-state index contributed by atoms with van der Waals surface area (Å²) in [7, 11) is 0.363. The Morgan fingerprint density at radius 3 is 2.09 bits per heavy atom. The molecule has 58 valence electrons. The second kappa shape index (κ2) is 5.86. The molecular formula is C9H13NSi. The molecule has 1 aromatic heterocycles. The van der Waals surface area contributed by atoms with Gasteiger partial charge in [-0.15, -0.1) is 5.70 Å². The van der Waals surface area contributed by atoms with Crippen LogP contribution in [0, 0.1) is 0 Å². The van der Waals surface area contributed by atoms with Crippen molar-refractivity contribution in [2.45, 2.75) is 12.5 Å². The third kappa shape index (κ3) is 4.50. The van der Waals surface area contributed by atoms with Crippen molar-refractivity contribution < 1.29 is 0 Å². The summed E-state index contributed by atoms with van der Waals surface area (Å²) in [5.74, 6) is 0. The van der Waals surface area contributed by atoms with Crippen LogP contribution in [0.4, 0.5) is 0 Å². The number of hydrogen-bond donors (Lipinski definition) is 0. The Hall–Kier alpha value is -0.893. The molecule has 0 atom stereocenters. The lowest BCUT2D eigenvalue weighted by molar-refractivity contribution is 1.24. The molecule has 1 aliphatic rings. The van der Waals surface area contributed by atoms with Gasteiger partial charge in [-0.2, -0.15) is 0 Å². The Kier molecular flexibility index (Phi) is 4.37. The predicted molar refractivity (Wildman–Crippen MR) is 51.3 cm³/mol. The summed E-state index contributed by atoms with van der Waals surface area (Å²) in [4.78, 5) is 3.78. The molecule has 0 N–H and O–H groups in total. The topological polar surface area (TPSA) is 12.9 Å². The smallest absolute Gasteiger partial charge is 0.0453 e. The largest absolute Gasteiger partial charge is 0.265 e. The maximum atomic E-state index is 3.78. The van der Waals surface area contributed by atoms with Crippen LogP contribution in [-0.4, -0.2) is 14.5 Å². The van der Waals surface area contributed by atoms with E-state index in [1.807, 2.05) is 18.2 Å². The molecule has 1 aromatic rings. The molecule has 1 aliphatic heterocycles. The normalized spacial score (nSPS) is 16.0. The highest BCUT2D eigenvalue weighted by molar-refractivity contribution is 6.43. The van der Waals surface area contributed by atoms with Gasteiger partial charge in [0.25, 0.3) is 0 Å². The molecule has 0 saturated heterocycles. The zero-order valence-electron chi connectivity index (χ0n) is 6.61. The number of nitrogens with zero attached hydrogens (tertiary/aromatic N) is 1. The summed E-state index contributed by atoms with van der Waals surface area (Å²) in [6.45, 7) is 0. The minimum Gasteiger partial charge on any atom is -0.265 e. The molecule has 0 spiro atoms. The van der Waals surface area contributed by atoms with Crippen molar-refractivity contribution in [3.63, 3.8) is 0 Å². The second-order valence-corrected chi connectivity index (χ2v) is 4.18. The Morgan fingerprint density at radius 2 is 1.91 bits per heavy atom. The van der Waals surface area contributed by atoms with Gasteiger partial charge in [-0.25, -0.2) is 0 Å². The SMILES string of the molecule is C1=C[SiH2]CC1.c1ccncc1. The lowest BCUT2D eigenvalue weighted by Gasteiger charge is -1.70. The first-order valence-corrected chi connectivity index (χ1v) is 5.82. The van der Waals surface area contributed by atoms with E-state index in [-0.39, 0.29) is 0 Å². The lowest BCUT2D eigenvalue weighted by atomic mass is 10.5. The highest BCUT2D eigenvalue weighted by Gasteiger charge is 1.86.